The van der Waals surface area contributed by atoms with E-state index in [0.29, 0.717) is 23.1 Å². The second kappa shape index (κ2) is 5.76. The standard InChI is InChI=1S/C14H14ClN3O4/c1-2-20-14(19)9-6-18(17-13(9)16)5-8-3-11-12(4-10(8)15)22-7-21-11/h3-4,6H,2,5,7H2,1H3,(H2,16,17). The molecule has 0 atom stereocenters. The Hall–Kier alpha value is -2.41. The van der Waals surface area contributed by atoms with Crippen LogP contribution in [0.3, 0.4) is 0 Å². The molecule has 2 aromatic rings. The Bertz CT molecular complexity index is 729. The van der Waals surface area contributed by atoms with Crippen molar-refractivity contribution in [2.45, 2.75) is 13.5 Å². The number of carbonyl (C=O) groups is 1. The van der Waals surface area contributed by atoms with Crippen LogP contribution in [-0.2, 0) is 11.3 Å². The first-order valence-corrected chi connectivity index (χ1v) is 7.04. The van der Waals surface area contributed by atoms with Crippen LogP contribution in [0.4, 0.5) is 5.82 Å². The van der Waals surface area contributed by atoms with Gasteiger partial charge in [-0.05, 0) is 18.6 Å². The third kappa shape index (κ3) is 2.67. The number of nitrogens with two attached hydrogens (primary N) is 1. The van der Waals surface area contributed by atoms with E-state index in [4.69, 9.17) is 31.5 Å². The molecule has 0 amide bonds. The van der Waals surface area contributed by atoms with Crippen molar-refractivity contribution in [3.05, 3.63) is 34.5 Å². The van der Waals surface area contributed by atoms with Gasteiger partial charge in [0, 0.05) is 17.3 Å². The van der Waals surface area contributed by atoms with Crippen molar-refractivity contribution in [1.29, 1.82) is 0 Å². The van der Waals surface area contributed by atoms with Crippen LogP contribution >= 0.6 is 11.6 Å². The number of halogens is 1. The zero-order valence-corrected chi connectivity index (χ0v) is 12.6. The van der Waals surface area contributed by atoms with Crippen LogP contribution in [0.5, 0.6) is 11.5 Å². The summed E-state index contributed by atoms with van der Waals surface area (Å²) >= 11 is 6.22. The number of ether oxygens (including phenoxy) is 3. The fourth-order valence-electron chi connectivity index (χ4n) is 2.14. The molecule has 116 valence electrons. The molecule has 2 N–H and O–H groups in total. The summed E-state index contributed by atoms with van der Waals surface area (Å²) in [5.41, 5.74) is 6.76. The van der Waals surface area contributed by atoms with Crippen LogP contribution in [0.25, 0.3) is 0 Å². The summed E-state index contributed by atoms with van der Waals surface area (Å²) in [7, 11) is 0. The summed E-state index contributed by atoms with van der Waals surface area (Å²) in [6.45, 7) is 2.53. The molecule has 1 aliphatic heterocycles. The van der Waals surface area contributed by atoms with Gasteiger partial charge in [-0.2, -0.15) is 5.10 Å². The number of rotatable bonds is 4. The van der Waals surface area contributed by atoms with Gasteiger partial charge < -0.3 is 19.9 Å². The maximum Gasteiger partial charge on any atom is 0.343 e. The Morgan fingerprint density at radius 2 is 2.18 bits per heavy atom. The van der Waals surface area contributed by atoms with Gasteiger partial charge in [0.2, 0.25) is 6.79 Å². The van der Waals surface area contributed by atoms with E-state index in [-0.39, 0.29) is 24.8 Å². The predicted octanol–water partition coefficient (Wildman–Crippen LogP) is 2.07. The second-order valence-electron chi connectivity index (χ2n) is 4.64. The van der Waals surface area contributed by atoms with E-state index >= 15 is 0 Å². The van der Waals surface area contributed by atoms with Crippen molar-refractivity contribution < 1.29 is 19.0 Å². The molecule has 3 rings (SSSR count). The Labute approximate surface area is 131 Å². The largest absolute Gasteiger partial charge is 0.462 e. The van der Waals surface area contributed by atoms with Crippen LogP contribution in [0.2, 0.25) is 5.02 Å². The molecule has 1 aliphatic rings. The average molecular weight is 324 g/mol. The van der Waals surface area contributed by atoms with Gasteiger partial charge in [-0.3, -0.25) is 4.68 Å². The van der Waals surface area contributed by atoms with E-state index in [9.17, 15) is 4.79 Å². The average Bonchev–Trinajstić information content (AvgIpc) is 3.06. The van der Waals surface area contributed by atoms with Crippen molar-refractivity contribution in [1.82, 2.24) is 9.78 Å². The highest BCUT2D eigenvalue weighted by molar-refractivity contribution is 6.31. The number of nitrogen functional groups attached to an aromatic ring is 1. The van der Waals surface area contributed by atoms with Gasteiger partial charge in [-0.1, -0.05) is 11.6 Å². The number of hydrogen-bond acceptors (Lipinski definition) is 6. The van der Waals surface area contributed by atoms with Crippen LogP contribution in [0.1, 0.15) is 22.8 Å². The fourth-order valence-corrected chi connectivity index (χ4v) is 2.35. The van der Waals surface area contributed by atoms with Crippen LogP contribution in [-0.4, -0.2) is 29.1 Å². The summed E-state index contributed by atoms with van der Waals surface area (Å²) < 4.78 is 17.0. The Kier molecular flexibility index (Phi) is 3.81. The van der Waals surface area contributed by atoms with Gasteiger partial charge in [0.1, 0.15) is 5.56 Å². The second-order valence-corrected chi connectivity index (χ2v) is 5.05. The fraction of sp³-hybridized carbons (Fsp3) is 0.286. The molecule has 0 fully saturated rings. The van der Waals surface area contributed by atoms with Crippen LogP contribution in [0.15, 0.2) is 18.3 Å². The molecular weight excluding hydrogens is 310 g/mol. The van der Waals surface area contributed by atoms with E-state index in [1.807, 2.05) is 0 Å². The predicted molar refractivity (Wildman–Crippen MR) is 79.3 cm³/mol. The molecule has 0 spiro atoms. The summed E-state index contributed by atoms with van der Waals surface area (Å²) in [6.07, 6.45) is 1.54. The lowest BCUT2D eigenvalue weighted by Gasteiger charge is -2.06. The van der Waals surface area contributed by atoms with Gasteiger partial charge in [0.25, 0.3) is 0 Å². The molecule has 7 nitrogen and oxygen atoms in total. The molecule has 0 bridgehead atoms. The van der Waals surface area contributed by atoms with Gasteiger partial charge in [-0.25, -0.2) is 4.79 Å². The van der Waals surface area contributed by atoms with Gasteiger partial charge in [0.05, 0.1) is 13.2 Å². The van der Waals surface area contributed by atoms with Crippen molar-refractivity contribution >= 4 is 23.4 Å². The number of fused-ring (bicyclic) bond motifs is 1. The summed E-state index contributed by atoms with van der Waals surface area (Å²) in [4.78, 5) is 11.7. The van der Waals surface area contributed by atoms with Gasteiger partial charge in [0.15, 0.2) is 17.3 Å². The smallest absolute Gasteiger partial charge is 0.343 e. The zero-order valence-electron chi connectivity index (χ0n) is 11.8. The number of aromatic nitrogens is 2. The quantitative estimate of drug-likeness (QED) is 0.866. The first-order valence-electron chi connectivity index (χ1n) is 6.66. The van der Waals surface area contributed by atoms with E-state index < -0.39 is 5.97 Å². The highest BCUT2D eigenvalue weighted by Gasteiger charge is 2.19. The molecule has 8 heteroatoms. The highest BCUT2D eigenvalue weighted by Crippen LogP contribution is 2.37. The first-order chi connectivity index (χ1) is 10.6. The molecule has 22 heavy (non-hydrogen) atoms. The number of hydrogen-bond donors (Lipinski definition) is 1. The number of anilines is 1. The SMILES string of the molecule is CCOC(=O)c1cn(Cc2cc3c(cc2Cl)OCO3)nc1N. The molecule has 0 radical (unpaired) electrons. The molecular formula is C14H14ClN3O4. The molecule has 2 heterocycles. The Balaban J connectivity index is 1.85. The number of carbonyl (C=O) groups excluding carboxylic acids is 1. The molecule has 1 aromatic carbocycles. The first kappa shape index (κ1) is 14.5. The molecule has 1 aromatic heterocycles. The summed E-state index contributed by atoms with van der Waals surface area (Å²) in [5, 5.41) is 4.63. The zero-order chi connectivity index (χ0) is 15.7. The maximum atomic E-state index is 11.7. The Morgan fingerprint density at radius 1 is 1.45 bits per heavy atom. The van der Waals surface area contributed by atoms with Crippen molar-refractivity contribution in [2.75, 3.05) is 19.1 Å². The van der Waals surface area contributed by atoms with E-state index in [0.717, 1.165) is 5.56 Å². The van der Waals surface area contributed by atoms with Gasteiger partial charge >= 0.3 is 5.97 Å². The van der Waals surface area contributed by atoms with Gasteiger partial charge in [-0.15, -0.1) is 0 Å². The van der Waals surface area contributed by atoms with Crippen molar-refractivity contribution in [3.8, 4) is 11.5 Å². The van der Waals surface area contributed by atoms with Crippen LogP contribution < -0.4 is 15.2 Å². The van der Waals surface area contributed by atoms with E-state index in [1.165, 1.54) is 10.9 Å². The van der Waals surface area contributed by atoms with Crippen molar-refractivity contribution in [3.63, 3.8) is 0 Å². The maximum absolute atomic E-state index is 11.7. The minimum absolute atomic E-state index is 0.121. The number of nitrogens with zero attached hydrogens (tertiary/aromatic N) is 2. The summed E-state index contributed by atoms with van der Waals surface area (Å²) in [6, 6.07) is 3.48. The lowest BCUT2D eigenvalue weighted by molar-refractivity contribution is 0.0527. The molecule has 0 saturated heterocycles. The van der Waals surface area contributed by atoms with E-state index in [1.54, 1.807) is 19.1 Å². The normalized spacial score (nSPS) is 12.5. The molecule has 0 aliphatic carbocycles. The van der Waals surface area contributed by atoms with E-state index in [2.05, 4.69) is 5.10 Å². The lowest BCUT2D eigenvalue weighted by atomic mass is 10.2. The molecule has 0 saturated carbocycles. The highest BCUT2D eigenvalue weighted by atomic mass is 35.5. The third-order valence-electron chi connectivity index (χ3n) is 3.16. The third-order valence-corrected chi connectivity index (χ3v) is 3.51. The van der Waals surface area contributed by atoms with Crippen molar-refractivity contribution in [2.24, 2.45) is 0 Å². The number of esters is 1. The Morgan fingerprint density at radius 3 is 2.91 bits per heavy atom. The minimum atomic E-state index is -0.497. The van der Waals surface area contributed by atoms with Crippen LogP contribution in [0, 0.1) is 0 Å². The molecule has 0 unspecified atom stereocenters. The number of benzene rings is 1. The summed E-state index contributed by atoms with van der Waals surface area (Å²) in [5.74, 6) is 0.865. The topological polar surface area (TPSA) is 88.6 Å². The lowest BCUT2D eigenvalue weighted by Crippen LogP contribution is -2.06. The monoisotopic (exact) mass is 323 g/mol. The minimum Gasteiger partial charge on any atom is -0.462 e.